The SMILES string of the molecule is CC(N)C(O)c1nc2n(n1)CCCO2. The van der Waals surface area contributed by atoms with Crippen LogP contribution in [0.3, 0.4) is 0 Å². The van der Waals surface area contributed by atoms with Crippen LogP contribution in [0.25, 0.3) is 0 Å². The molecule has 0 aliphatic carbocycles. The molecule has 1 aliphatic rings. The van der Waals surface area contributed by atoms with Crippen molar-refractivity contribution in [3.05, 3.63) is 5.82 Å². The Bertz CT molecular complexity index is 300. The lowest BCUT2D eigenvalue weighted by Gasteiger charge is -2.11. The molecule has 6 nitrogen and oxygen atoms in total. The highest BCUT2D eigenvalue weighted by atomic mass is 16.5. The number of hydrogen-bond donors (Lipinski definition) is 2. The van der Waals surface area contributed by atoms with Gasteiger partial charge in [0.1, 0.15) is 6.10 Å². The smallest absolute Gasteiger partial charge is 0.315 e. The van der Waals surface area contributed by atoms with Gasteiger partial charge < -0.3 is 15.6 Å². The van der Waals surface area contributed by atoms with Crippen molar-refractivity contribution in [3.8, 4) is 6.01 Å². The number of fused-ring (bicyclic) bond motifs is 1. The molecular weight excluding hydrogens is 184 g/mol. The Morgan fingerprint density at radius 1 is 1.64 bits per heavy atom. The van der Waals surface area contributed by atoms with E-state index in [1.807, 2.05) is 0 Å². The maximum absolute atomic E-state index is 9.63. The van der Waals surface area contributed by atoms with Crippen LogP contribution in [-0.4, -0.2) is 32.5 Å². The molecule has 0 saturated heterocycles. The molecule has 2 unspecified atom stereocenters. The van der Waals surface area contributed by atoms with Crippen molar-refractivity contribution in [2.75, 3.05) is 6.61 Å². The fraction of sp³-hybridized carbons (Fsp3) is 0.750. The summed E-state index contributed by atoms with van der Waals surface area (Å²) in [5, 5.41) is 13.8. The third kappa shape index (κ3) is 1.58. The van der Waals surface area contributed by atoms with Gasteiger partial charge in [-0.25, -0.2) is 4.68 Å². The van der Waals surface area contributed by atoms with Crippen molar-refractivity contribution >= 4 is 0 Å². The topological polar surface area (TPSA) is 86.2 Å². The second kappa shape index (κ2) is 3.55. The first-order valence-corrected chi connectivity index (χ1v) is 4.69. The van der Waals surface area contributed by atoms with E-state index in [9.17, 15) is 5.11 Å². The summed E-state index contributed by atoms with van der Waals surface area (Å²) < 4.78 is 6.93. The molecule has 1 aromatic rings. The van der Waals surface area contributed by atoms with Crippen LogP contribution in [0.15, 0.2) is 0 Å². The highest BCUT2D eigenvalue weighted by molar-refractivity contribution is 5.03. The number of aromatic nitrogens is 3. The normalized spacial score (nSPS) is 19.6. The van der Waals surface area contributed by atoms with Gasteiger partial charge in [-0.15, -0.1) is 0 Å². The molecule has 0 saturated carbocycles. The first kappa shape index (κ1) is 9.42. The molecule has 2 atom stereocenters. The maximum atomic E-state index is 9.63. The van der Waals surface area contributed by atoms with Gasteiger partial charge in [0.25, 0.3) is 0 Å². The zero-order valence-electron chi connectivity index (χ0n) is 8.05. The van der Waals surface area contributed by atoms with Crippen molar-refractivity contribution in [1.82, 2.24) is 14.8 Å². The number of aliphatic hydroxyl groups excluding tert-OH is 1. The molecule has 0 fully saturated rings. The van der Waals surface area contributed by atoms with Gasteiger partial charge in [0.15, 0.2) is 5.82 Å². The Hall–Kier alpha value is -1.14. The minimum Gasteiger partial charge on any atom is -0.464 e. The van der Waals surface area contributed by atoms with Crippen molar-refractivity contribution in [1.29, 1.82) is 0 Å². The molecule has 0 radical (unpaired) electrons. The highest BCUT2D eigenvalue weighted by Crippen LogP contribution is 2.18. The number of rotatable bonds is 2. The lowest BCUT2D eigenvalue weighted by Crippen LogP contribution is -2.25. The Kier molecular flexibility index (Phi) is 2.39. The molecule has 14 heavy (non-hydrogen) atoms. The van der Waals surface area contributed by atoms with E-state index in [0.29, 0.717) is 18.4 Å². The Morgan fingerprint density at radius 3 is 3.07 bits per heavy atom. The summed E-state index contributed by atoms with van der Waals surface area (Å²) in [4.78, 5) is 4.07. The summed E-state index contributed by atoms with van der Waals surface area (Å²) in [6.07, 6.45) is 0.0982. The van der Waals surface area contributed by atoms with E-state index >= 15 is 0 Å². The summed E-state index contributed by atoms with van der Waals surface area (Å²) in [6, 6.07) is 0.102. The number of nitrogens with zero attached hydrogens (tertiary/aromatic N) is 3. The van der Waals surface area contributed by atoms with E-state index in [1.54, 1.807) is 11.6 Å². The number of aryl methyl sites for hydroxylation is 1. The number of ether oxygens (including phenoxy) is 1. The summed E-state index contributed by atoms with van der Waals surface area (Å²) in [7, 11) is 0. The van der Waals surface area contributed by atoms with Gasteiger partial charge in [0.05, 0.1) is 6.61 Å². The third-order valence-corrected chi connectivity index (χ3v) is 2.16. The van der Waals surface area contributed by atoms with Crippen LogP contribution >= 0.6 is 0 Å². The summed E-state index contributed by atoms with van der Waals surface area (Å²) in [6.45, 7) is 3.16. The molecular formula is C8H14N4O2. The Labute approximate surface area is 81.7 Å². The van der Waals surface area contributed by atoms with E-state index < -0.39 is 6.10 Å². The molecule has 2 rings (SSSR count). The number of hydrogen-bond acceptors (Lipinski definition) is 5. The van der Waals surface area contributed by atoms with Crippen molar-refractivity contribution < 1.29 is 9.84 Å². The molecule has 0 amide bonds. The second-order valence-electron chi connectivity index (χ2n) is 3.48. The van der Waals surface area contributed by atoms with Crippen LogP contribution in [0.1, 0.15) is 25.3 Å². The van der Waals surface area contributed by atoms with Gasteiger partial charge in [0, 0.05) is 19.0 Å². The molecule has 78 valence electrons. The quantitative estimate of drug-likeness (QED) is 0.665. The highest BCUT2D eigenvalue weighted by Gasteiger charge is 2.22. The predicted molar refractivity (Wildman–Crippen MR) is 48.7 cm³/mol. The summed E-state index contributed by atoms with van der Waals surface area (Å²) in [5.41, 5.74) is 5.55. The van der Waals surface area contributed by atoms with Crippen molar-refractivity contribution in [3.63, 3.8) is 0 Å². The Balaban J connectivity index is 2.23. The number of nitrogens with two attached hydrogens (primary N) is 1. The zero-order valence-corrected chi connectivity index (χ0v) is 8.05. The van der Waals surface area contributed by atoms with Crippen LogP contribution in [-0.2, 0) is 6.54 Å². The summed E-state index contributed by atoms with van der Waals surface area (Å²) in [5.74, 6) is 0.344. The van der Waals surface area contributed by atoms with Gasteiger partial charge in [-0.1, -0.05) is 0 Å². The average Bonchev–Trinajstić information content (AvgIpc) is 2.59. The van der Waals surface area contributed by atoms with Gasteiger partial charge in [0.2, 0.25) is 0 Å². The van der Waals surface area contributed by atoms with E-state index in [2.05, 4.69) is 10.1 Å². The predicted octanol–water partition coefficient (Wildman–Crippen LogP) is -0.559. The van der Waals surface area contributed by atoms with Crippen LogP contribution in [0.4, 0.5) is 0 Å². The van der Waals surface area contributed by atoms with Crippen molar-refractivity contribution in [2.24, 2.45) is 5.73 Å². The Morgan fingerprint density at radius 2 is 2.43 bits per heavy atom. The molecule has 0 bridgehead atoms. The van der Waals surface area contributed by atoms with E-state index in [-0.39, 0.29) is 6.04 Å². The van der Waals surface area contributed by atoms with Crippen LogP contribution < -0.4 is 10.5 Å². The molecule has 1 aromatic heterocycles. The molecule has 0 aromatic carbocycles. The standard InChI is InChI=1S/C8H14N4O2/c1-5(9)6(13)7-10-8-12(11-7)3-2-4-14-8/h5-6,13H,2-4,9H2,1H3. The fourth-order valence-corrected chi connectivity index (χ4v) is 1.34. The minimum atomic E-state index is -0.823. The van der Waals surface area contributed by atoms with Crippen molar-refractivity contribution in [2.45, 2.75) is 32.0 Å². The molecule has 2 heterocycles. The largest absolute Gasteiger partial charge is 0.464 e. The van der Waals surface area contributed by atoms with Gasteiger partial charge in [-0.3, -0.25) is 0 Å². The third-order valence-electron chi connectivity index (χ3n) is 2.16. The van der Waals surface area contributed by atoms with Gasteiger partial charge in [-0.2, -0.15) is 10.1 Å². The zero-order chi connectivity index (χ0) is 10.1. The molecule has 6 heteroatoms. The van der Waals surface area contributed by atoms with E-state index in [1.165, 1.54) is 0 Å². The number of aliphatic hydroxyl groups is 1. The molecule has 0 spiro atoms. The molecule has 1 aliphatic heterocycles. The first-order valence-electron chi connectivity index (χ1n) is 4.69. The van der Waals surface area contributed by atoms with Gasteiger partial charge >= 0.3 is 6.01 Å². The second-order valence-corrected chi connectivity index (χ2v) is 3.48. The summed E-state index contributed by atoms with van der Waals surface area (Å²) >= 11 is 0. The fourth-order valence-electron chi connectivity index (χ4n) is 1.34. The van der Waals surface area contributed by atoms with E-state index in [4.69, 9.17) is 10.5 Å². The first-order chi connectivity index (χ1) is 6.68. The van der Waals surface area contributed by atoms with Gasteiger partial charge in [-0.05, 0) is 6.92 Å². The van der Waals surface area contributed by atoms with E-state index in [0.717, 1.165) is 13.0 Å². The van der Waals surface area contributed by atoms with Crippen LogP contribution in [0.2, 0.25) is 0 Å². The monoisotopic (exact) mass is 198 g/mol. The maximum Gasteiger partial charge on any atom is 0.315 e. The van der Waals surface area contributed by atoms with Crippen LogP contribution in [0.5, 0.6) is 6.01 Å². The lowest BCUT2D eigenvalue weighted by atomic mass is 10.2. The minimum absolute atomic E-state index is 0.344. The molecule has 3 N–H and O–H groups in total. The van der Waals surface area contributed by atoms with Crippen LogP contribution in [0, 0.1) is 0 Å². The average molecular weight is 198 g/mol. The lowest BCUT2D eigenvalue weighted by molar-refractivity contribution is 0.143.